The van der Waals surface area contributed by atoms with Crippen LogP contribution >= 0.6 is 0 Å². The highest BCUT2D eigenvalue weighted by Crippen LogP contribution is 2.25. The van der Waals surface area contributed by atoms with E-state index in [4.69, 9.17) is 0 Å². The van der Waals surface area contributed by atoms with Crippen molar-refractivity contribution < 1.29 is 18.0 Å². The molecule has 0 spiro atoms. The van der Waals surface area contributed by atoms with Crippen LogP contribution in [0.5, 0.6) is 0 Å². The van der Waals surface area contributed by atoms with Crippen molar-refractivity contribution in [1.82, 2.24) is 0 Å². The van der Waals surface area contributed by atoms with E-state index in [9.17, 15) is 18.0 Å². The third-order valence-corrected chi connectivity index (χ3v) is 7.08. The molecule has 1 N–H and O–H groups in total. The number of hydrogen-bond acceptors (Lipinski definition) is 4. The van der Waals surface area contributed by atoms with Crippen LogP contribution in [0.4, 0.5) is 17.1 Å². The van der Waals surface area contributed by atoms with Gasteiger partial charge in [0, 0.05) is 37.0 Å². The van der Waals surface area contributed by atoms with Crippen molar-refractivity contribution >= 4 is 45.0 Å². The molecule has 0 unspecified atom stereocenters. The lowest BCUT2D eigenvalue weighted by Crippen LogP contribution is -2.24. The maximum absolute atomic E-state index is 12.3. The molecule has 2 aliphatic heterocycles. The summed E-state index contributed by atoms with van der Waals surface area (Å²) in [6.07, 6.45) is 5.14. The Kier molecular flexibility index (Phi) is 5.59. The largest absolute Gasteiger partial charge is 0.322 e. The van der Waals surface area contributed by atoms with Gasteiger partial charge in [-0.15, -0.1) is 0 Å². The molecule has 2 amide bonds. The standard InChI is InChI=1S/C22H23N3O4S/c26-21(23-18-4-1-5-20(16-18)24-13-2-6-22(24)27)12-9-17-7-10-19(11-8-17)25-14-3-15-30(25,28)29/h1,4-5,7-12,16H,2-3,6,13-15H2,(H,23,26)/b12-9+. The number of nitrogens with one attached hydrogen (secondary N) is 1. The Morgan fingerprint density at radius 1 is 1.00 bits per heavy atom. The highest BCUT2D eigenvalue weighted by atomic mass is 32.2. The van der Waals surface area contributed by atoms with Crippen LogP contribution in [0.3, 0.4) is 0 Å². The van der Waals surface area contributed by atoms with Crippen molar-refractivity contribution in [2.45, 2.75) is 19.3 Å². The molecule has 7 nitrogen and oxygen atoms in total. The number of nitrogens with zero attached hydrogens (tertiary/aromatic N) is 2. The summed E-state index contributed by atoms with van der Waals surface area (Å²) in [6.45, 7) is 1.20. The molecule has 2 fully saturated rings. The lowest BCUT2D eigenvalue weighted by atomic mass is 10.2. The Balaban J connectivity index is 1.39. The van der Waals surface area contributed by atoms with E-state index >= 15 is 0 Å². The van der Waals surface area contributed by atoms with Gasteiger partial charge in [-0.25, -0.2) is 8.42 Å². The van der Waals surface area contributed by atoms with Gasteiger partial charge >= 0.3 is 0 Å². The third-order valence-electron chi connectivity index (χ3n) is 5.21. The minimum Gasteiger partial charge on any atom is -0.322 e. The number of benzene rings is 2. The molecule has 2 aromatic rings. The quantitative estimate of drug-likeness (QED) is 0.746. The summed E-state index contributed by atoms with van der Waals surface area (Å²) in [4.78, 5) is 25.9. The summed E-state index contributed by atoms with van der Waals surface area (Å²) in [5.74, 6) is -0.00303. The van der Waals surface area contributed by atoms with Crippen molar-refractivity contribution in [3.63, 3.8) is 0 Å². The molecule has 0 aromatic heterocycles. The Morgan fingerprint density at radius 2 is 1.80 bits per heavy atom. The van der Waals surface area contributed by atoms with E-state index in [0.717, 1.165) is 17.7 Å². The fourth-order valence-corrected chi connectivity index (χ4v) is 5.27. The first-order valence-electron chi connectivity index (χ1n) is 9.92. The highest BCUT2D eigenvalue weighted by Gasteiger charge is 2.28. The first kappa shape index (κ1) is 20.2. The van der Waals surface area contributed by atoms with Crippen molar-refractivity contribution in [3.05, 3.63) is 60.2 Å². The number of sulfonamides is 1. The zero-order valence-electron chi connectivity index (χ0n) is 16.5. The van der Waals surface area contributed by atoms with E-state index in [1.807, 2.05) is 12.1 Å². The third kappa shape index (κ3) is 4.38. The SMILES string of the molecule is O=C(/C=C/c1ccc(N2CCCS2(=O)=O)cc1)Nc1cccc(N2CCCC2=O)c1. The second-order valence-corrected chi connectivity index (χ2v) is 9.37. The number of rotatable bonds is 5. The minimum absolute atomic E-state index is 0.101. The average Bonchev–Trinajstić information content (AvgIpc) is 3.31. The summed E-state index contributed by atoms with van der Waals surface area (Å²) < 4.78 is 25.4. The molecule has 2 saturated heterocycles. The first-order chi connectivity index (χ1) is 14.4. The van der Waals surface area contributed by atoms with E-state index < -0.39 is 10.0 Å². The van der Waals surface area contributed by atoms with Crippen LogP contribution < -0.4 is 14.5 Å². The Bertz CT molecular complexity index is 1090. The fourth-order valence-electron chi connectivity index (χ4n) is 3.71. The lowest BCUT2D eigenvalue weighted by Gasteiger charge is -2.16. The van der Waals surface area contributed by atoms with Crippen LogP contribution in [-0.4, -0.2) is 39.1 Å². The summed E-state index contributed by atoms with van der Waals surface area (Å²) >= 11 is 0. The van der Waals surface area contributed by atoms with Crippen molar-refractivity contribution in [2.24, 2.45) is 0 Å². The Hall–Kier alpha value is -3.13. The second kappa shape index (κ2) is 8.31. The smallest absolute Gasteiger partial charge is 0.248 e. The van der Waals surface area contributed by atoms with Crippen LogP contribution in [-0.2, 0) is 19.6 Å². The van der Waals surface area contributed by atoms with Gasteiger partial charge in [0.2, 0.25) is 21.8 Å². The Morgan fingerprint density at radius 3 is 2.47 bits per heavy atom. The van der Waals surface area contributed by atoms with Gasteiger partial charge in [0.1, 0.15) is 0 Å². The van der Waals surface area contributed by atoms with E-state index in [1.165, 1.54) is 10.4 Å². The molecule has 2 aromatic carbocycles. The molecule has 0 radical (unpaired) electrons. The van der Waals surface area contributed by atoms with E-state index in [0.29, 0.717) is 37.3 Å². The summed E-state index contributed by atoms with van der Waals surface area (Å²) in [5, 5.41) is 2.81. The molecule has 30 heavy (non-hydrogen) atoms. The summed E-state index contributed by atoms with van der Waals surface area (Å²) in [5.41, 5.74) is 2.84. The van der Waals surface area contributed by atoms with Crippen molar-refractivity contribution in [2.75, 3.05) is 33.4 Å². The predicted octanol–water partition coefficient (Wildman–Crippen LogP) is 3.01. The van der Waals surface area contributed by atoms with Crippen LogP contribution in [0.2, 0.25) is 0 Å². The molecule has 4 rings (SSSR count). The minimum atomic E-state index is -3.20. The van der Waals surface area contributed by atoms with Crippen LogP contribution in [0.25, 0.3) is 6.08 Å². The van der Waals surface area contributed by atoms with Crippen LogP contribution in [0.1, 0.15) is 24.8 Å². The highest BCUT2D eigenvalue weighted by molar-refractivity contribution is 7.93. The number of anilines is 3. The van der Waals surface area contributed by atoms with E-state index in [1.54, 1.807) is 47.4 Å². The maximum Gasteiger partial charge on any atom is 0.248 e. The molecule has 0 bridgehead atoms. The molecular formula is C22H23N3O4S. The normalized spacial score (nSPS) is 18.3. The van der Waals surface area contributed by atoms with E-state index in [-0.39, 0.29) is 17.6 Å². The average molecular weight is 426 g/mol. The van der Waals surface area contributed by atoms with Gasteiger partial charge in [-0.1, -0.05) is 18.2 Å². The van der Waals surface area contributed by atoms with Gasteiger partial charge in [-0.05, 0) is 54.8 Å². The number of carbonyl (C=O) groups excluding carboxylic acids is 2. The number of amides is 2. The number of hydrogen-bond donors (Lipinski definition) is 1. The molecule has 2 heterocycles. The van der Waals surface area contributed by atoms with Gasteiger partial charge in [-0.3, -0.25) is 13.9 Å². The van der Waals surface area contributed by atoms with Gasteiger partial charge in [0.05, 0.1) is 11.4 Å². The van der Waals surface area contributed by atoms with Crippen LogP contribution in [0.15, 0.2) is 54.6 Å². The molecule has 2 aliphatic rings. The zero-order chi connectivity index (χ0) is 21.1. The van der Waals surface area contributed by atoms with Gasteiger partial charge in [-0.2, -0.15) is 0 Å². The van der Waals surface area contributed by atoms with Gasteiger partial charge in [0.15, 0.2) is 0 Å². The molecule has 0 saturated carbocycles. The topological polar surface area (TPSA) is 86.8 Å². The first-order valence-corrected chi connectivity index (χ1v) is 11.5. The monoisotopic (exact) mass is 425 g/mol. The van der Waals surface area contributed by atoms with Gasteiger partial charge < -0.3 is 10.2 Å². The molecule has 156 valence electrons. The van der Waals surface area contributed by atoms with Crippen LogP contribution in [0, 0.1) is 0 Å². The lowest BCUT2D eigenvalue weighted by molar-refractivity contribution is -0.117. The fraction of sp³-hybridized carbons (Fsp3) is 0.273. The number of carbonyl (C=O) groups is 2. The zero-order valence-corrected chi connectivity index (χ0v) is 17.3. The molecule has 0 atom stereocenters. The molecular weight excluding hydrogens is 402 g/mol. The predicted molar refractivity (Wildman–Crippen MR) is 118 cm³/mol. The summed E-state index contributed by atoms with van der Waals surface area (Å²) in [6, 6.07) is 14.3. The van der Waals surface area contributed by atoms with Crippen molar-refractivity contribution in [1.29, 1.82) is 0 Å². The second-order valence-electron chi connectivity index (χ2n) is 7.36. The summed E-state index contributed by atoms with van der Waals surface area (Å²) in [7, 11) is -3.20. The Labute approximate surface area is 176 Å². The molecule has 8 heteroatoms. The van der Waals surface area contributed by atoms with Crippen molar-refractivity contribution in [3.8, 4) is 0 Å². The maximum atomic E-state index is 12.3. The van der Waals surface area contributed by atoms with Gasteiger partial charge in [0.25, 0.3) is 0 Å². The molecule has 0 aliphatic carbocycles. The van der Waals surface area contributed by atoms with E-state index in [2.05, 4.69) is 5.32 Å².